The first-order valence-electron chi connectivity index (χ1n) is 7.64. The molecule has 28 heavy (non-hydrogen) atoms. The molecule has 0 aliphatic heterocycles. The average molecular weight is 653 g/mol. The predicted octanol–water partition coefficient (Wildman–Crippen LogP) is 6.70. The summed E-state index contributed by atoms with van der Waals surface area (Å²) in [6.45, 7) is 1.96. The third-order valence-corrected chi connectivity index (χ3v) is 6.24. The largest absolute Gasteiger partial charge is 0.339 e. The Morgan fingerprint density at radius 1 is 1.04 bits per heavy atom. The number of amides is 1. The van der Waals surface area contributed by atoms with Crippen molar-refractivity contribution in [3.05, 3.63) is 60.9 Å². The molecule has 0 saturated carbocycles. The average Bonchev–Trinajstić information content (AvgIpc) is 2.57. The van der Waals surface area contributed by atoms with Crippen LogP contribution in [0.15, 0.2) is 49.8 Å². The molecule has 0 aliphatic rings. The van der Waals surface area contributed by atoms with E-state index in [1.165, 1.54) is 0 Å². The van der Waals surface area contributed by atoms with E-state index in [-0.39, 0.29) is 5.11 Å². The summed E-state index contributed by atoms with van der Waals surface area (Å²) >= 11 is 33.7. The fourth-order valence-corrected chi connectivity index (χ4v) is 4.78. The summed E-state index contributed by atoms with van der Waals surface area (Å²) < 4.78 is 0.353. The molecule has 1 amide bonds. The van der Waals surface area contributed by atoms with Crippen molar-refractivity contribution >= 4 is 112 Å². The molecule has 150 valence electrons. The van der Waals surface area contributed by atoms with E-state index in [0.29, 0.717) is 15.7 Å². The molecule has 0 fully saturated rings. The lowest BCUT2D eigenvalue weighted by molar-refractivity contribution is 0.0934. The number of carbonyl (C=O) groups excluding carboxylic acids is 1. The number of aryl methyl sites for hydroxylation is 1. The van der Waals surface area contributed by atoms with Crippen molar-refractivity contribution in [3.8, 4) is 0 Å². The van der Waals surface area contributed by atoms with Crippen LogP contribution in [-0.4, -0.2) is 21.0 Å². The van der Waals surface area contributed by atoms with E-state index in [9.17, 15) is 4.79 Å². The first-order chi connectivity index (χ1) is 13.0. The van der Waals surface area contributed by atoms with E-state index in [4.69, 9.17) is 47.0 Å². The number of anilines is 1. The van der Waals surface area contributed by atoms with Crippen molar-refractivity contribution in [3.63, 3.8) is 0 Å². The lowest BCUT2D eigenvalue weighted by Crippen LogP contribution is -2.56. The van der Waals surface area contributed by atoms with Crippen molar-refractivity contribution in [2.75, 3.05) is 5.32 Å². The number of hydrogen-bond donors (Lipinski definition) is 3. The van der Waals surface area contributed by atoms with Crippen LogP contribution in [-0.2, 0) is 0 Å². The summed E-state index contributed by atoms with van der Waals surface area (Å²) in [5.74, 6) is -0.434. The maximum Gasteiger partial charge on any atom is 0.254 e. The Hall–Kier alpha value is -0.0900. The van der Waals surface area contributed by atoms with Crippen LogP contribution in [0, 0.1) is 6.92 Å². The summed E-state index contributed by atoms with van der Waals surface area (Å²) in [4.78, 5) is 12.6. The number of alkyl halides is 3. The number of benzene rings is 2. The second kappa shape index (κ2) is 10.3. The normalized spacial score (nSPS) is 12.2. The number of rotatable bonds is 4. The summed E-state index contributed by atoms with van der Waals surface area (Å²) in [7, 11) is 0. The lowest BCUT2D eigenvalue weighted by Gasteiger charge is -2.28. The van der Waals surface area contributed by atoms with Crippen molar-refractivity contribution in [2.45, 2.75) is 16.9 Å². The second-order valence-electron chi connectivity index (χ2n) is 5.63. The maximum atomic E-state index is 12.6. The maximum absolute atomic E-state index is 12.6. The molecule has 2 rings (SSSR count). The van der Waals surface area contributed by atoms with Gasteiger partial charge < -0.3 is 16.0 Å². The van der Waals surface area contributed by atoms with Crippen molar-refractivity contribution < 1.29 is 4.79 Å². The first kappa shape index (κ1) is 24.2. The van der Waals surface area contributed by atoms with Gasteiger partial charge in [-0.25, -0.2) is 0 Å². The highest BCUT2D eigenvalue weighted by molar-refractivity contribution is 9.11. The van der Waals surface area contributed by atoms with Crippen molar-refractivity contribution in [1.82, 2.24) is 10.6 Å². The first-order valence-corrected chi connectivity index (χ1v) is 11.6. The smallest absolute Gasteiger partial charge is 0.254 e. The molecule has 0 bridgehead atoms. The predicted molar refractivity (Wildman–Crippen MR) is 132 cm³/mol. The van der Waals surface area contributed by atoms with E-state index in [1.807, 2.05) is 19.1 Å². The minimum absolute atomic E-state index is 0.161. The SMILES string of the molecule is Cc1cc(Br)c(NC(=S)N[C@@H](NC(=O)c2ccccc2Br)C(Cl)(Cl)Cl)c(Br)c1. The van der Waals surface area contributed by atoms with Crippen molar-refractivity contribution in [2.24, 2.45) is 0 Å². The van der Waals surface area contributed by atoms with Gasteiger partial charge in [-0.15, -0.1) is 0 Å². The number of halogens is 6. The lowest BCUT2D eigenvalue weighted by atomic mass is 10.2. The molecule has 0 radical (unpaired) electrons. The fraction of sp³-hybridized carbons (Fsp3) is 0.176. The topological polar surface area (TPSA) is 53.2 Å². The van der Waals surface area contributed by atoms with Gasteiger partial charge in [-0.05, 0) is 96.8 Å². The van der Waals surface area contributed by atoms with Crippen LogP contribution in [0.2, 0.25) is 0 Å². The standard InChI is InChI=1S/C17H13Br3Cl3N3OS/c1-8-6-11(19)13(12(20)7-8)24-16(28)26-15(17(21,22)23)25-14(27)9-4-2-3-5-10(9)18/h2-7,15H,1H3,(H,25,27)(H2,24,26,28)/t15-/m1/s1. The fourth-order valence-electron chi connectivity index (χ4n) is 2.15. The molecule has 2 aromatic carbocycles. The second-order valence-corrected chi connectivity index (χ2v) is 11.0. The number of nitrogens with one attached hydrogen (secondary N) is 3. The zero-order valence-electron chi connectivity index (χ0n) is 14.1. The Bertz CT molecular complexity index is 886. The molecule has 0 heterocycles. The van der Waals surface area contributed by atoms with E-state index in [0.717, 1.165) is 14.5 Å². The van der Waals surface area contributed by atoms with Gasteiger partial charge in [0.25, 0.3) is 5.91 Å². The Labute approximate surface area is 208 Å². The third kappa shape index (κ3) is 6.72. The van der Waals surface area contributed by atoms with Crippen LogP contribution in [0.3, 0.4) is 0 Å². The van der Waals surface area contributed by atoms with Crippen LogP contribution in [0.5, 0.6) is 0 Å². The van der Waals surface area contributed by atoms with Gasteiger partial charge >= 0.3 is 0 Å². The zero-order valence-corrected chi connectivity index (χ0v) is 22.0. The molecule has 0 aliphatic carbocycles. The summed E-state index contributed by atoms with van der Waals surface area (Å²) in [6, 6.07) is 10.8. The molecule has 11 heteroatoms. The summed E-state index contributed by atoms with van der Waals surface area (Å²) in [5.41, 5.74) is 2.15. The van der Waals surface area contributed by atoms with Gasteiger partial charge in [-0.1, -0.05) is 46.9 Å². The molecule has 4 nitrogen and oxygen atoms in total. The molecule has 2 aromatic rings. The van der Waals surface area contributed by atoms with Crippen molar-refractivity contribution in [1.29, 1.82) is 0 Å². The van der Waals surface area contributed by atoms with Crippen LogP contribution in [0.1, 0.15) is 15.9 Å². The third-order valence-electron chi connectivity index (χ3n) is 3.42. The van der Waals surface area contributed by atoms with Gasteiger partial charge in [0.15, 0.2) is 5.11 Å². The Kier molecular flexibility index (Phi) is 8.88. The molecule has 3 N–H and O–H groups in total. The van der Waals surface area contributed by atoms with Gasteiger partial charge in [0.1, 0.15) is 6.17 Å². The molecule has 0 unspecified atom stereocenters. The van der Waals surface area contributed by atoms with Crippen LogP contribution in [0.4, 0.5) is 5.69 Å². The number of thiocarbonyl (C=S) groups is 1. The van der Waals surface area contributed by atoms with Crippen LogP contribution in [0.25, 0.3) is 0 Å². The van der Waals surface area contributed by atoms with E-state index in [2.05, 4.69) is 63.7 Å². The zero-order chi connectivity index (χ0) is 21.1. The molecular formula is C17H13Br3Cl3N3OS. The Morgan fingerprint density at radius 3 is 2.14 bits per heavy atom. The van der Waals surface area contributed by atoms with Gasteiger partial charge in [0.2, 0.25) is 3.79 Å². The highest BCUT2D eigenvalue weighted by Gasteiger charge is 2.35. The van der Waals surface area contributed by atoms with E-state index < -0.39 is 15.9 Å². The van der Waals surface area contributed by atoms with Gasteiger partial charge in [0, 0.05) is 13.4 Å². The van der Waals surface area contributed by atoms with Gasteiger partial charge in [-0.3, -0.25) is 4.79 Å². The molecule has 0 spiro atoms. The minimum atomic E-state index is -1.86. The number of carbonyl (C=O) groups is 1. The molecular weight excluding hydrogens is 640 g/mol. The highest BCUT2D eigenvalue weighted by atomic mass is 79.9. The summed E-state index contributed by atoms with van der Waals surface area (Å²) in [5, 5.41) is 8.66. The quantitative estimate of drug-likeness (QED) is 0.196. The van der Waals surface area contributed by atoms with Crippen LogP contribution < -0.4 is 16.0 Å². The van der Waals surface area contributed by atoms with Crippen LogP contribution >= 0.6 is 94.8 Å². The molecule has 0 aromatic heterocycles. The monoisotopic (exact) mass is 649 g/mol. The molecule has 0 saturated heterocycles. The summed E-state index contributed by atoms with van der Waals surface area (Å²) in [6.07, 6.45) is -1.08. The Morgan fingerprint density at radius 2 is 1.61 bits per heavy atom. The van der Waals surface area contributed by atoms with E-state index in [1.54, 1.807) is 24.3 Å². The minimum Gasteiger partial charge on any atom is -0.339 e. The van der Waals surface area contributed by atoms with E-state index >= 15 is 0 Å². The highest BCUT2D eigenvalue weighted by Crippen LogP contribution is 2.33. The molecule has 1 atom stereocenters. The van der Waals surface area contributed by atoms with Gasteiger partial charge in [-0.2, -0.15) is 0 Å². The number of hydrogen-bond acceptors (Lipinski definition) is 2. The Balaban J connectivity index is 2.16. The van der Waals surface area contributed by atoms with Gasteiger partial charge in [0.05, 0.1) is 11.3 Å².